The van der Waals surface area contributed by atoms with Gasteiger partial charge in [-0.2, -0.15) is 9.78 Å². The van der Waals surface area contributed by atoms with Gasteiger partial charge in [0.25, 0.3) is 5.56 Å². The molecule has 0 saturated heterocycles. The van der Waals surface area contributed by atoms with Gasteiger partial charge in [0.05, 0.1) is 24.2 Å². The third-order valence-corrected chi connectivity index (χ3v) is 6.91. The topological polar surface area (TPSA) is 82.8 Å². The normalized spacial score (nSPS) is 15.5. The number of benzene rings is 2. The number of hydrogen-bond acceptors (Lipinski definition) is 6. The van der Waals surface area contributed by atoms with Crippen molar-refractivity contribution in [1.29, 1.82) is 0 Å². The summed E-state index contributed by atoms with van der Waals surface area (Å²) in [6.07, 6.45) is 6.15. The number of aromatic nitrogens is 2. The van der Waals surface area contributed by atoms with E-state index in [0.717, 1.165) is 34.6 Å². The second-order valence-electron chi connectivity index (χ2n) is 8.29. The maximum absolute atomic E-state index is 13.5. The molecular weight excluding hydrogens is 566 g/mol. The van der Waals surface area contributed by atoms with Crippen molar-refractivity contribution in [2.75, 3.05) is 7.11 Å². The minimum Gasteiger partial charge on any atom is -0.478 e. The van der Waals surface area contributed by atoms with Crippen LogP contribution in [0.5, 0.6) is 5.75 Å². The summed E-state index contributed by atoms with van der Waals surface area (Å²) in [7, 11) is 1.32. The minimum absolute atomic E-state index is 0.171. The van der Waals surface area contributed by atoms with Crippen LogP contribution in [0.25, 0.3) is 10.9 Å². The van der Waals surface area contributed by atoms with Crippen LogP contribution in [-0.2, 0) is 9.53 Å². The van der Waals surface area contributed by atoms with Gasteiger partial charge in [-0.15, -0.1) is 0 Å². The van der Waals surface area contributed by atoms with Crippen LogP contribution in [0.15, 0.2) is 55.2 Å². The number of carbonyl (C=O) groups is 1. The fourth-order valence-corrected chi connectivity index (χ4v) is 4.89. The molecule has 0 bridgehead atoms. The Labute approximate surface area is 214 Å². The van der Waals surface area contributed by atoms with Crippen LogP contribution in [0.4, 0.5) is 0 Å². The van der Waals surface area contributed by atoms with Crippen molar-refractivity contribution in [1.82, 2.24) is 9.66 Å². The monoisotopic (exact) mass is 589 g/mol. The van der Waals surface area contributed by atoms with Crippen molar-refractivity contribution in [2.45, 2.75) is 51.0 Å². The van der Waals surface area contributed by atoms with Gasteiger partial charge in [-0.1, -0.05) is 51.1 Å². The van der Waals surface area contributed by atoms with E-state index in [1.54, 1.807) is 25.3 Å². The molecule has 1 atom stereocenters. The van der Waals surface area contributed by atoms with Crippen LogP contribution in [0.3, 0.4) is 0 Å². The zero-order valence-corrected chi connectivity index (χ0v) is 22.1. The van der Waals surface area contributed by atoms with E-state index >= 15 is 0 Å². The maximum Gasteiger partial charge on any atom is 0.346 e. The van der Waals surface area contributed by atoms with Crippen molar-refractivity contribution < 1.29 is 14.3 Å². The van der Waals surface area contributed by atoms with Gasteiger partial charge in [-0.25, -0.2) is 9.78 Å². The number of nitrogens with zero attached hydrogens (tertiary/aromatic N) is 3. The van der Waals surface area contributed by atoms with E-state index in [1.165, 1.54) is 18.2 Å². The van der Waals surface area contributed by atoms with Crippen LogP contribution in [0, 0.1) is 0 Å². The first-order chi connectivity index (χ1) is 16.4. The van der Waals surface area contributed by atoms with E-state index in [-0.39, 0.29) is 11.5 Å². The van der Waals surface area contributed by atoms with Crippen LogP contribution in [-0.4, -0.2) is 35.1 Å². The molecule has 1 aromatic heterocycles. The first kappa shape index (κ1) is 24.6. The highest BCUT2D eigenvalue weighted by atomic mass is 79.9. The molecule has 1 heterocycles. The molecule has 1 aliphatic rings. The number of esters is 1. The lowest BCUT2D eigenvalue weighted by atomic mass is 9.88. The van der Waals surface area contributed by atoms with Gasteiger partial charge in [0.15, 0.2) is 6.10 Å². The molecule has 1 fully saturated rings. The van der Waals surface area contributed by atoms with Gasteiger partial charge in [-0.05, 0) is 56.2 Å². The number of carbonyl (C=O) groups excluding carboxylic acids is 1. The molecule has 9 heteroatoms. The highest BCUT2D eigenvalue weighted by Gasteiger charge is 2.23. The molecule has 0 N–H and O–H groups in total. The van der Waals surface area contributed by atoms with E-state index in [9.17, 15) is 9.59 Å². The predicted octanol–water partition coefficient (Wildman–Crippen LogP) is 5.79. The van der Waals surface area contributed by atoms with E-state index in [2.05, 4.69) is 37.0 Å². The van der Waals surface area contributed by atoms with Gasteiger partial charge >= 0.3 is 5.97 Å². The summed E-state index contributed by atoms with van der Waals surface area (Å²) in [4.78, 5) is 30.2. The maximum atomic E-state index is 13.5. The molecular formula is C25H25Br2N3O4. The smallest absolute Gasteiger partial charge is 0.346 e. The molecule has 0 aliphatic heterocycles. The second-order valence-corrected chi connectivity index (χ2v) is 10.1. The van der Waals surface area contributed by atoms with Crippen molar-refractivity contribution >= 4 is 54.9 Å². The average Bonchev–Trinajstić information content (AvgIpc) is 2.85. The quantitative estimate of drug-likeness (QED) is 0.268. The summed E-state index contributed by atoms with van der Waals surface area (Å²) >= 11 is 6.91. The van der Waals surface area contributed by atoms with Crippen molar-refractivity contribution in [3.05, 3.63) is 67.1 Å². The van der Waals surface area contributed by atoms with Gasteiger partial charge in [0, 0.05) is 20.4 Å². The number of ether oxygens (including phenoxy) is 2. The summed E-state index contributed by atoms with van der Waals surface area (Å²) in [5.74, 6) is 0.819. The molecule has 4 rings (SSSR count). The first-order valence-electron chi connectivity index (χ1n) is 11.2. The SMILES string of the molecule is COC(=O)[C@H](C)Oc1ccc(Br)cc1C=Nn1c(C2CCCCC2)nc2ccc(Br)cc2c1=O. The molecule has 34 heavy (non-hydrogen) atoms. The minimum atomic E-state index is -0.793. The molecule has 178 valence electrons. The fourth-order valence-electron chi connectivity index (χ4n) is 4.15. The van der Waals surface area contributed by atoms with Crippen molar-refractivity contribution in [3.8, 4) is 5.75 Å². The van der Waals surface area contributed by atoms with Gasteiger partial charge < -0.3 is 9.47 Å². The van der Waals surface area contributed by atoms with Gasteiger partial charge in [0.2, 0.25) is 0 Å². The Morgan fingerprint density at radius 2 is 1.85 bits per heavy atom. The average molecular weight is 591 g/mol. The summed E-state index contributed by atoms with van der Waals surface area (Å²) in [5.41, 5.74) is 1.06. The zero-order valence-electron chi connectivity index (χ0n) is 19.0. The molecule has 2 aromatic carbocycles. The van der Waals surface area contributed by atoms with Crippen LogP contribution in [0.1, 0.15) is 56.3 Å². The van der Waals surface area contributed by atoms with Crippen LogP contribution in [0.2, 0.25) is 0 Å². The van der Waals surface area contributed by atoms with Crippen LogP contribution >= 0.6 is 31.9 Å². The standard InChI is InChI=1S/C25H25Br2N3O4/c1-15(25(32)33-2)34-22-11-9-18(26)12-17(22)14-28-30-23(16-6-4-3-5-7-16)29-21-10-8-19(27)13-20(21)24(30)31/h8-16H,3-7H2,1-2H3/t15-/m0/s1. The molecule has 0 spiro atoms. The number of hydrogen-bond donors (Lipinski definition) is 0. The van der Waals surface area contributed by atoms with Crippen molar-refractivity contribution in [3.63, 3.8) is 0 Å². The third-order valence-electron chi connectivity index (χ3n) is 5.92. The fraction of sp³-hybridized carbons (Fsp3) is 0.360. The molecule has 3 aromatic rings. The number of rotatable bonds is 6. The van der Waals surface area contributed by atoms with E-state index in [4.69, 9.17) is 14.5 Å². The lowest BCUT2D eigenvalue weighted by Crippen LogP contribution is -2.26. The summed E-state index contributed by atoms with van der Waals surface area (Å²) in [6.45, 7) is 1.62. The van der Waals surface area contributed by atoms with E-state index in [1.807, 2.05) is 24.3 Å². The number of halogens is 2. The Hall–Kier alpha value is -2.52. The lowest BCUT2D eigenvalue weighted by Gasteiger charge is -2.22. The van der Waals surface area contributed by atoms with E-state index in [0.29, 0.717) is 28.0 Å². The molecule has 7 nitrogen and oxygen atoms in total. The molecule has 0 radical (unpaired) electrons. The Balaban J connectivity index is 1.80. The second kappa shape index (κ2) is 10.8. The Morgan fingerprint density at radius 1 is 1.15 bits per heavy atom. The number of fused-ring (bicyclic) bond motifs is 1. The highest BCUT2D eigenvalue weighted by Crippen LogP contribution is 2.32. The number of methoxy groups -OCH3 is 1. The Morgan fingerprint density at radius 3 is 2.59 bits per heavy atom. The molecule has 1 saturated carbocycles. The predicted molar refractivity (Wildman–Crippen MR) is 139 cm³/mol. The molecule has 0 amide bonds. The van der Waals surface area contributed by atoms with Crippen LogP contribution < -0.4 is 10.3 Å². The third kappa shape index (κ3) is 5.41. The molecule has 1 aliphatic carbocycles. The summed E-state index contributed by atoms with van der Waals surface area (Å²) in [5, 5.41) is 5.09. The Kier molecular flexibility index (Phi) is 7.83. The summed E-state index contributed by atoms with van der Waals surface area (Å²) in [6, 6.07) is 10.9. The Bertz CT molecular complexity index is 1300. The van der Waals surface area contributed by atoms with Crippen molar-refractivity contribution in [2.24, 2.45) is 5.10 Å². The highest BCUT2D eigenvalue weighted by molar-refractivity contribution is 9.10. The summed E-state index contributed by atoms with van der Waals surface area (Å²) < 4.78 is 13.6. The largest absolute Gasteiger partial charge is 0.478 e. The lowest BCUT2D eigenvalue weighted by molar-refractivity contribution is -0.147. The van der Waals surface area contributed by atoms with Gasteiger partial charge in [0.1, 0.15) is 11.6 Å². The van der Waals surface area contributed by atoms with Gasteiger partial charge in [-0.3, -0.25) is 4.79 Å². The van der Waals surface area contributed by atoms with E-state index < -0.39 is 12.1 Å². The molecule has 0 unspecified atom stereocenters. The zero-order chi connectivity index (χ0) is 24.2. The first-order valence-corrected chi connectivity index (χ1v) is 12.8.